The van der Waals surface area contributed by atoms with E-state index in [2.05, 4.69) is 41.6 Å². The van der Waals surface area contributed by atoms with Gasteiger partial charge in [0, 0.05) is 18.4 Å². The highest BCUT2D eigenvalue weighted by Crippen LogP contribution is 2.44. The molecule has 2 rings (SSSR count). The van der Waals surface area contributed by atoms with E-state index in [-0.39, 0.29) is 0 Å². The van der Waals surface area contributed by atoms with E-state index >= 15 is 0 Å². The third-order valence-electron chi connectivity index (χ3n) is 4.75. The van der Waals surface area contributed by atoms with Crippen molar-refractivity contribution in [1.82, 2.24) is 4.90 Å². The number of likely N-dealkylation sites (tertiary alicyclic amines) is 1. The van der Waals surface area contributed by atoms with Gasteiger partial charge in [-0.25, -0.2) is 0 Å². The summed E-state index contributed by atoms with van der Waals surface area (Å²) in [6, 6.07) is 0. The van der Waals surface area contributed by atoms with Crippen LogP contribution in [0.4, 0.5) is 0 Å². The average molecular weight is 288 g/mol. The smallest absolute Gasteiger partial charge is 0.0100 e. The Morgan fingerprint density at radius 1 is 1.31 bits per heavy atom. The lowest BCUT2D eigenvalue weighted by molar-refractivity contribution is 0.0980. The molecule has 1 heterocycles. The van der Waals surface area contributed by atoms with Gasteiger partial charge in [-0.05, 0) is 42.6 Å². The first-order valence-corrected chi connectivity index (χ1v) is 7.86. The Kier molecular flexibility index (Phi) is 3.71. The van der Waals surface area contributed by atoms with Gasteiger partial charge >= 0.3 is 0 Å². The van der Waals surface area contributed by atoms with Gasteiger partial charge in [-0.3, -0.25) is 0 Å². The zero-order valence-corrected chi connectivity index (χ0v) is 12.6. The first kappa shape index (κ1) is 12.9. The van der Waals surface area contributed by atoms with Gasteiger partial charge in [0.15, 0.2) is 0 Å². The summed E-state index contributed by atoms with van der Waals surface area (Å²) in [7, 11) is 0. The van der Waals surface area contributed by atoms with E-state index in [9.17, 15) is 0 Å². The molecule has 94 valence electrons. The van der Waals surface area contributed by atoms with Crippen LogP contribution in [0.15, 0.2) is 0 Å². The molecule has 1 aliphatic carbocycles. The minimum Gasteiger partial charge on any atom is -0.302 e. The van der Waals surface area contributed by atoms with Crippen molar-refractivity contribution in [2.75, 3.05) is 25.0 Å². The predicted molar refractivity (Wildman–Crippen MR) is 74.1 cm³/mol. The molecule has 2 aliphatic rings. The van der Waals surface area contributed by atoms with Crippen LogP contribution in [0, 0.1) is 16.7 Å². The number of hydrogen-bond acceptors (Lipinski definition) is 1. The fraction of sp³-hybridized carbons (Fsp3) is 1.00. The Labute approximate surface area is 109 Å². The molecule has 1 saturated carbocycles. The second-order valence-corrected chi connectivity index (χ2v) is 7.63. The lowest BCUT2D eigenvalue weighted by atomic mass is 9.70. The Bertz CT molecular complexity index is 234. The zero-order valence-electron chi connectivity index (χ0n) is 11.1. The van der Waals surface area contributed by atoms with E-state index in [1.807, 2.05) is 0 Å². The largest absolute Gasteiger partial charge is 0.302 e. The van der Waals surface area contributed by atoms with E-state index in [1.54, 1.807) is 0 Å². The summed E-state index contributed by atoms with van der Waals surface area (Å²) in [5.74, 6) is 0.903. The summed E-state index contributed by atoms with van der Waals surface area (Å²) >= 11 is 3.72. The lowest BCUT2D eigenvalue weighted by Gasteiger charge is -2.43. The minimum atomic E-state index is 0.496. The van der Waals surface area contributed by atoms with Crippen LogP contribution in [0.25, 0.3) is 0 Å². The van der Waals surface area contributed by atoms with Gasteiger partial charge < -0.3 is 4.90 Å². The Morgan fingerprint density at radius 3 is 2.38 bits per heavy atom. The van der Waals surface area contributed by atoms with Crippen molar-refractivity contribution < 1.29 is 0 Å². The van der Waals surface area contributed by atoms with E-state index in [4.69, 9.17) is 0 Å². The molecule has 1 saturated heterocycles. The van der Waals surface area contributed by atoms with Crippen molar-refractivity contribution in [2.24, 2.45) is 16.7 Å². The molecular weight excluding hydrogens is 262 g/mol. The maximum absolute atomic E-state index is 3.72. The molecule has 0 bridgehead atoms. The van der Waals surface area contributed by atoms with Crippen molar-refractivity contribution in [1.29, 1.82) is 0 Å². The van der Waals surface area contributed by atoms with Crippen LogP contribution in [-0.2, 0) is 0 Å². The second kappa shape index (κ2) is 4.61. The normalized spacial score (nSPS) is 30.4. The third-order valence-corrected chi connectivity index (χ3v) is 5.94. The summed E-state index contributed by atoms with van der Waals surface area (Å²) in [5.41, 5.74) is 1.13. The van der Waals surface area contributed by atoms with E-state index in [0.717, 1.165) is 5.92 Å². The van der Waals surface area contributed by atoms with Gasteiger partial charge in [0.05, 0.1) is 0 Å². The average Bonchev–Trinajstić information content (AvgIpc) is 2.58. The molecule has 0 aromatic carbocycles. The van der Waals surface area contributed by atoms with E-state index in [0.29, 0.717) is 10.8 Å². The van der Waals surface area contributed by atoms with Crippen molar-refractivity contribution in [3.05, 3.63) is 0 Å². The van der Waals surface area contributed by atoms with Gasteiger partial charge in [0.25, 0.3) is 0 Å². The number of hydrogen-bond donors (Lipinski definition) is 0. The minimum absolute atomic E-state index is 0.496. The lowest BCUT2D eigenvalue weighted by Crippen LogP contribution is -2.43. The highest BCUT2D eigenvalue weighted by atomic mass is 79.9. The molecule has 2 fully saturated rings. The van der Waals surface area contributed by atoms with E-state index in [1.165, 1.54) is 50.6 Å². The molecule has 0 N–H and O–H groups in total. The van der Waals surface area contributed by atoms with Gasteiger partial charge in [0.2, 0.25) is 0 Å². The van der Waals surface area contributed by atoms with Crippen LogP contribution < -0.4 is 0 Å². The van der Waals surface area contributed by atoms with Crippen LogP contribution >= 0.6 is 15.9 Å². The number of halogens is 1. The van der Waals surface area contributed by atoms with Crippen molar-refractivity contribution >= 4 is 15.9 Å². The Morgan fingerprint density at radius 2 is 2.00 bits per heavy atom. The monoisotopic (exact) mass is 287 g/mol. The maximum atomic E-state index is 3.72. The fourth-order valence-electron chi connectivity index (χ4n) is 3.17. The summed E-state index contributed by atoms with van der Waals surface area (Å²) in [6.07, 6.45) is 5.73. The van der Waals surface area contributed by atoms with Gasteiger partial charge in [-0.1, -0.05) is 43.1 Å². The maximum Gasteiger partial charge on any atom is 0.0100 e. The first-order chi connectivity index (χ1) is 7.45. The number of nitrogens with zero attached hydrogens (tertiary/aromatic N) is 1. The van der Waals surface area contributed by atoms with E-state index < -0.39 is 0 Å². The molecule has 0 aromatic heterocycles. The SMILES string of the molecule is CC(C)(C)C1CCN(CC2(CBr)CCC2)C1. The fourth-order valence-corrected chi connectivity index (χ4v) is 3.91. The topological polar surface area (TPSA) is 3.24 Å². The molecule has 0 spiro atoms. The molecule has 0 amide bonds. The van der Waals surface area contributed by atoms with Gasteiger partial charge in [-0.15, -0.1) is 0 Å². The second-order valence-electron chi connectivity index (χ2n) is 7.07. The Balaban J connectivity index is 1.85. The summed E-state index contributed by atoms with van der Waals surface area (Å²) in [4.78, 5) is 2.72. The number of rotatable bonds is 3. The molecule has 16 heavy (non-hydrogen) atoms. The molecule has 1 unspecified atom stereocenters. The molecule has 2 heteroatoms. The van der Waals surface area contributed by atoms with Crippen molar-refractivity contribution in [2.45, 2.75) is 46.5 Å². The van der Waals surface area contributed by atoms with Crippen LogP contribution in [0.1, 0.15) is 46.5 Å². The number of alkyl halides is 1. The molecule has 1 aliphatic heterocycles. The highest BCUT2D eigenvalue weighted by molar-refractivity contribution is 9.09. The molecule has 0 radical (unpaired) electrons. The molecular formula is C14H26BrN. The van der Waals surface area contributed by atoms with Gasteiger partial charge in [-0.2, -0.15) is 0 Å². The third kappa shape index (κ3) is 2.64. The summed E-state index contributed by atoms with van der Waals surface area (Å²) in [5, 5.41) is 1.21. The van der Waals surface area contributed by atoms with Crippen molar-refractivity contribution in [3.63, 3.8) is 0 Å². The quantitative estimate of drug-likeness (QED) is 0.711. The zero-order chi connectivity index (χ0) is 11.8. The van der Waals surface area contributed by atoms with Crippen molar-refractivity contribution in [3.8, 4) is 0 Å². The van der Waals surface area contributed by atoms with Crippen LogP contribution in [0.2, 0.25) is 0 Å². The highest BCUT2D eigenvalue weighted by Gasteiger charge is 2.40. The van der Waals surface area contributed by atoms with Crippen LogP contribution in [0.3, 0.4) is 0 Å². The summed E-state index contributed by atoms with van der Waals surface area (Å²) < 4.78 is 0. The molecule has 1 atom stereocenters. The Hall–Kier alpha value is 0.440. The predicted octanol–water partition coefficient (Wildman–Crippen LogP) is 3.92. The van der Waals surface area contributed by atoms with Gasteiger partial charge in [0.1, 0.15) is 0 Å². The molecule has 1 nitrogen and oxygen atoms in total. The summed E-state index contributed by atoms with van der Waals surface area (Å²) in [6.45, 7) is 11.2. The molecule has 0 aromatic rings. The first-order valence-electron chi connectivity index (χ1n) is 6.74. The van der Waals surface area contributed by atoms with Crippen LogP contribution in [0.5, 0.6) is 0 Å². The standard InChI is InChI=1S/C14H26BrN/c1-13(2,3)12-5-8-16(9-12)11-14(10-15)6-4-7-14/h12H,4-11H2,1-3H3. The van der Waals surface area contributed by atoms with Crippen LogP contribution in [-0.4, -0.2) is 29.9 Å².